The average Bonchev–Trinajstić information content (AvgIpc) is 3.01. The van der Waals surface area contributed by atoms with Crippen molar-refractivity contribution < 1.29 is 15.3 Å². The van der Waals surface area contributed by atoms with Gasteiger partial charge in [0.15, 0.2) is 0 Å². The Bertz CT molecular complexity index is 1090. The van der Waals surface area contributed by atoms with Gasteiger partial charge in [-0.15, -0.1) is 0 Å². The number of hydrogen-bond acceptors (Lipinski definition) is 4. The van der Waals surface area contributed by atoms with Crippen LogP contribution >= 0.6 is 22.6 Å². The Balaban J connectivity index is 1.95. The van der Waals surface area contributed by atoms with Gasteiger partial charge in [0, 0.05) is 11.1 Å². The van der Waals surface area contributed by atoms with E-state index < -0.39 is 0 Å². The van der Waals surface area contributed by atoms with Crippen molar-refractivity contribution in [2.45, 2.75) is 0 Å². The number of phenols is 3. The van der Waals surface area contributed by atoms with Crippen LogP contribution in [0.1, 0.15) is 0 Å². The van der Waals surface area contributed by atoms with Crippen molar-refractivity contribution >= 4 is 22.6 Å². The molecule has 0 saturated carbocycles. The van der Waals surface area contributed by atoms with Crippen molar-refractivity contribution in [3.63, 3.8) is 0 Å². The lowest BCUT2D eigenvalue weighted by Gasteiger charge is -2.08. The van der Waals surface area contributed by atoms with E-state index in [1.165, 1.54) is 0 Å². The van der Waals surface area contributed by atoms with Gasteiger partial charge in [-0.2, -0.15) is 5.10 Å². The largest absolute Gasteiger partial charge is 0.508 e. The topological polar surface area (TPSA) is 78.5 Å². The average molecular weight is 470 g/mol. The molecule has 0 aliphatic rings. The van der Waals surface area contributed by atoms with Gasteiger partial charge in [0.25, 0.3) is 0 Å². The van der Waals surface area contributed by atoms with Crippen LogP contribution in [0, 0.1) is 3.57 Å². The molecule has 0 amide bonds. The maximum Gasteiger partial charge on any atom is 0.115 e. The first-order chi connectivity index (χ1) is 13.0. The van der Waals surface area contributed by atoms with Crippen molar-refractivity contribution in [3.8, 4) is 45.5 Å². The predicted molar refractivity (Wildman–Crippen MR) is 112 cm³/mol. The van der Waals surface area contributed by atoms with Gasteiger partial charge in [-0.05, 0) is 95.4 Å². The van der Waals surface area contributed by atoms with Gasteiger partial charge in [-0.3, -0.25) is 0 Å². The summed E-state index contributed by atoms with van der Waals surface area (Å²) in [5.41, 5.74) is 4.26. The SMILES string of the molecule is Oc1ccc(-c2nn(-c3ccc(O)cc3)c(-c3ccc(O)cc3)c2I)cc1. The fraction of sp³-hybridized carbons (Fsp3) is 0. The molecule has 0 atom stereocenters. The first-order valence-corrected chi connectivity index (χ1v) is 9.27. The number of rotatable bonds is 3. The Kier molecular flexibility index (Phi) is 4.49. The second-order valence-electron chi connectivity index (χ2n) is 6.03. The van der Waals surface area contributed by atoms with Gasteiger partial charge in [0.05, 0.1) is 15.0 Å². The van der Waals surface area contributed by atoms with Crippen LogP contribution in [-0.4, -0.2) is 25.1 Å². The molecule has 0 fully saturated rings. The van der Waals surface area contributed by atoms with E-state index in [-0.39, 0.29) is 17.2 Å². The van der Waals surface area contributed by atoms with Crippen molar-refractivity contribution in [3.05, 3.63) is 76.4 Å². The van der Waals surface area contributed by atoms with E-state index in [1.54, 1.807) is 48.5 Å². The summed E-state index contributed by atoms with van der Waals surface area (Å²) in [5.74, 6) is 0.583. The minimum atomic E-state index is 0.186. The van der Waals surface area contributed by atoms with Crippen LogP contribution in [0.2, 0.25) is 0 Å². The number of aromatic hydroxyl groups is 3. The highest BCUT2D eigenvalue weighted by molar-refractivity contribution is 14.1. The summed E-state index contributed by atoms with van der Waals surface area (Å²) in [4.78, 5) is 0. The molecule has 4 rings (SSSR count). The van der Waals surface area contributed by atoms with Crippen molar-refractivity contribution in [2.75, 3.05) is 0 Å². The number of hydrogen-bond donors (Lipinski definition) is 3. The highest BCUT2D eigenvalue weighted by Crippen LogP contribution is 2.36. The minimum Gasteiger partial charge on any atom is -0.508 e. The smallest absolute Gasteiger partial charge is 0.115 e. The van der Waals surface area contributed by atoms with Gasteiger partial charge >= 0.3 is 0 Å². The molecule has 27 heavy (non-hydrogen) atoms. The predicted octanol–water partition coefficient (Wildman–Crippen LogP) is 4.93. The standard InChI is InChI=1S/C21H15IN2O3/c22-19-20(13-1-7-16(25)8-2-13)23-24(15-5-11-18(27)12-6-15)21(19)14-3-9-17(26)10-4-14/h1-12,25-27H. The first kappa shape index (κ1) is 17.4. The molecule has 4 aromatic rings. The molecule has 0 aliphatic heterocycles. The van der Waals surface area contributed by atoms with Gasteiger partial charge in [0.2, 0.25) is 0 Å². The van der Waals surface area contributed by atoms with Gasteiger partial charge < -0.3 is 15.3 Å². The molecule has 3 N–H and O–H groups in total. The summed E-state index contributed by atoms with van der Waals surface area (Å²) in [5, 5.41) is 33.6. The zero-order valence-corrected chi connectivity index (χ0v) is 16.2. The third-order valence-corrected chi connectivity index (χ3v) is 5.23. The summed E-state index contributed by atoms with van der Waals surface area (Å²) in [6, 6.07) is 20.7. The molecule has 0 spiro atoms. The third kappa shape index (κ3) is 3.35. The van der Waals surface area contributed by atoms with E-state index in [2.05, 4.69) is 22.6 Å². The summed E-state index contributed by atoms with van der Waals surface area (Å²) >= 11 is 2.26. The van der Waals surface area contributed by atoms with Gasteiger partial charge in [-0.1, -0.05) is 0 Å². The van der Waals surface area contributed by atoms with Crippen molar-refractivity contribution in [1.82, 2.24) is 9.78 Å². The molecule has 3 aromatic carbocycles. The molecule has 134 valence electrons. The van der Waals surface area contributed by atoms with E-state index in [4.69, 9.17) is 5.10 Å². The maximum absolute atomic E-state index is 9.62. The number of aromatic nitrogens is 2. The van der Waals surface area contributed by atoms with Crippen LogP contribution in [0.5, 0.6) is 17.2 Å². The molecule has 0 bridgehead atoms. The van der Waals surface area contributed by atoms with E-state index in [9.17, 15) is 15.3 Å². The highest BCUT2D eigenvalue weighted by Gasteiger charge is 2.20. The molecule has 0 saturated heterocycles. The summed E-state index contributed by atoms with van der Waals surface area (Å²) in [6.07, 6.45) is 0. The Morgan fingerprint density at radius 2 is 1.07 bits per heavy atom. The summed E-state index contributed by atoms with van der Waals surface area (Å²) < 4.78 is 2.76. The van der Waals surface area contributed by atoms with Gasteiger partial charge in [-0.25, -0.2) is 4.68 Å². The highest BCUT2D eigenvalue weighted by atomic mass is 127. The molecule has 0 radical (unpaired) electrons. The second kappa shape index (κ2) is 6.96. The molecule has 1 heterocycles. The molecule has 6 heteroatoms. The van der Waals surface area contributed by atoms with Crippen molar-refractivity contribution in [2.24, 2.45) is 0 Å². The summed E-state index contributed by atoms with van der Waals surface area (Å²) in [7, 11) is 0. The van der Waals surface area contributed by atoms with E-state index in [0.29, 0.717) is 0 Å². The fourth-order valence-electron chi connectivity index (χ4n) is 2.85. The van der Waals surface area contributed by atoms with E-state index in [0.717, 1.165) is 31.8 Å². The molecular formula is C21H15IN2O3. The molecule has 1 aromatic heterocycles. The Morgan fingerprint density at radius 3 is 1.59 bits per heavy atom. The Morgan fingerprint density at radius 1 is 0.630 bits per heavy atom. The monoisotopic (exact) mass is 470 g/mol. The van der Waals surface area contributed by atoms with Crippen LogP contribution in [0.4, 0.5) is 0 Å². The van der Waals surface area contributed by atoms with Crippen LogP contribution in [0.15, 0.2) is 72.8 Å². The fourth-order valence-corrected chi connectivity index (χ4v) is 3.81. The number of halogens is 1. The molecule has 5 nitrogen and oxygen atoms in total. The molecule has 0 aliphatic carbocycles. The van der Waals surface area contributed by atoms with E-state index in [1.807, 2.05) is 28.9 Å². The zero-order chi connectivity index (χ0) is 19.0. The Hall–Kier alpha value is -3.00. The second-order valence-corrected chi connectivity index (χ2v) is 7.11. The lowest BCUT2D eigenvalue weighted by Crippen LogP contribution is -1.99. The van der Waals surface area contributed by atoms with Crippen LogP contribution in [0.3, 0.4) is 0 Å². The molecule has 0 unspecified atom stereocenters. The maximum atomic E-state index is 9.62. The lowest BCUT2D eigenvalue weighted by atomic mass is 10.1. The Labute approximate surface area is 169 Å². The number of benzene rings is 3. The van der Waals surface area contributed by atoms with Crippen LogP contribution in [-0.2, 0) is 0 Å². The molecular weight excluding hydrogens is 455 g/mol. The summed E-state index contributed by atoms with van der Waals surface area (Å²) in [6.45, 7) is 0. The quantitative estimate of drug-likeness (QED) is 0.371. The normalized spacial score (nSPS) is 10.9. The lowest BCUT2D eigenvalue weighted by molar-refractivity contribution is 0.474. The zero-order valence-electron chi connectivity index (χ0n) is 14.0. The minimum absolute atomic E-state index is 0.186. The number of nitrogens with zero attached hydrogens (tertiary/aromatic N) is 2. The van der Waals surface area contributed by atoms with Crippen molar-refractivity contribution in [1.29, 1.82) is 0 Å². The first-order valence-electron chi connectivity index (χ1n) is 8.19. The van der Waals surface area contributed by atoms with Crippen LogP contribution < -0.4 is 0 Å². The van der Waals surface area contributed by atoms with Crippen LogP contribution in [0.25, 0.3) is 28.2 Å². The third-order valence-electron chi connectivity index (χ3n) is 4.20. The van der Waals surface area contributed by atoms with E-state index >= 15 is 0 Å². The number of phenolic OH excluding ortho intramolecular Hbond substituents is 3. The van der Waals surface area contributed by atoms with Gasteiger partial charge in [0.1, 0.15) is 22.9 Å².